The van der Waals surface area contributed by atoms with Crippen LogP contribution in [0, 0.1) is 0 Å². The minimum absolute atomic E-state index is 0.142. The van der Waals surface area contributed by atoms with E-state index in [1.54, 1.807) is 48.5 Å². The van der Waals surface area contributed by atoms with Crippen LogP contribution in [0.4, 0.5) is 11.4 Å². The van der Waals surface area contributed by atoms with Crippen molar-refractivity contribution in [1.29, 1.82) is 0 Å². The van der Waals surface area contributed by atoms with Gasteiger partial charge in [-0.25, -0.2) is 0 Å². The fourth-order valence-electron chi connectivity index (χ4n) is 2.12. The van der Waals surface area contributed by atoms with Crippen molar-refractivity contribution in [2.24, 2.45) is 0 Å². The van der Waals surface area contributed by atoms with Gasteiger partial charge in [-0.3, -0.25) is 4.79 Å². The second-order valence-electron chi connectivity index (χ2n) is 4.97. The van der Waals surface area contributed by atoms with Crippen LogP contribution in [0.3, 0.4) is 0 Å². The lowest BCUT2D eigenvalue weighted by Gasteiger charge is -2.07. The lowest BCUT2D eigenvalue weighted by molar-refractivity contribution is 0.0997. The van der Waals surface area contributed by atoms with E-state index >= 15 is 0 Å². The van der Waals surface area contributed by atoms with Gasteiger partial charge >= 0.3 is 0 Å². The number of rotatable bonds is 3. The molecule has 0 aliphatic rings. The van der Waals surface area contributed by atoms with E-state index in [2.05, 4.69) is 21.2 Å². The summed E-state index contributed by atoms with van der Waals surface area (Å²) in [5.74, 6) is 0.188. The Bertz CT molecular complexity index is 925. The maximum Gasteiger partial charge on any atom is 0.291 e. The lowest BCUT2D eigenvalue weighted by Crippen LogP contribution is -2.12. The zero-order valence-corrected chi connectivity index (χ0v) is 15.2. The van der Waals surface area contributed by atoms with Crippen molar-refractivity contribution in [3.8, 4) is 11.3 Å². The summed E-state index contributed by atoms with van der Waals surface area (Å²) >= 11 is 15.4. The second kappa shape index (κ2) is 6.89. The number of nitrogens with two attached hydrogens (primary N) is 1. The van der Waals surface area contributed by atoms with Crippen molar-refractivity contribution in [2.75, 3.05) is 11.1 Å². The molecule has 0 saturated heterocycles. The minimum Gasteiger partial charge on any atom is -0.451 e. The predicted molar refractivity (Wildman–Crippen MR) is 101 cm³/mol. The first-order valence-corrected chi connectivity index (χ1v) is 8.40. The van der Waals surface area contributed by atoms with Crippen LogP contribution < -0.4 is 11.1 Å². The van der Waals surface area contributed by atoms with Crippen molar-refractivity contribution in [3.63, 3.8) is 0 Å². The molecule has 4 nitrogen and oxygen atoms in total. The van der Waals surface area contributed by atoms with E-state index in [9.17, 15) is 4.79 Å². The lowest BCUT2D eigenvalue weighted by atomic mass is 10.2. The van der Waals surface area contributed by atoms with Crippen molar-refractivity contribution in [3.05, 3.63) is 68.8 Å². The van der Waals surface area contributed by atoms with Crippen molar-refractivity contribution < 1.29 is 9.21 Å². The van der Waals surface area contributed by atoms with E-state index in [1.165, 1.54) is 0 Å². The van der Waals surface area contributed by atoms with Crippen LogP contribution in [0.1, 0.15) is 10.6 Å². The SMILES string of the molecule is Nc1cc(Br)ccc1NC(=O)c1ccc(-c2cc(Cl)ccc2Cl)o1. The Morgan fingerprint density at radius 2 is 1.88 bits per heavy atom. The summed E-state index contributed by atoms with van der Waals surface area (Å²) in [6.45, 7) is 0. The number of benzene rings is 2. The van der Waals surface area contributed by atoms with Crippen LogP contribution in [0.2, 0.25) is 10.0 Å². The van der Waals surface area contributed by atoms with Gasteiger partial charge < -0.3 is 15.5 Å². The molecule has 0 spiro atoms. The van der Waals surface area contributed by atoms with Crippen molar-refractivity contribution in [1.82, 2.24) is 0 Å². The molecular weight excluding hydrogens is 415 g/mol. The molecule has 3 N–H and O–H groups in total. The van der Waals surface area contributed by atoms with Gasteiger partial charge in [0.15, 0.2) is 5.76 Å². The quantitative estimate of drug-likeness (QED) is 0.517. The van der Waals surface area contributed by atoms with Crippen molar-refractivity contribution >= 4 is 56.4 Å². The summed E-state index contributed by atoms with van der Waals surface area (Å²) in [5.41, 5.74) is 7.44. The summed E-state index contributed by atoms with van der Waals surface area (Å²) in [4.78, 5) is 12.3. The molecule has 0 aliphatic heterocycles. The third kappa shape index (κ3) is 3.59. The second-order valence-corrected chi connectivity index (χ2v) is 6.73. The Balaban J connectivity index is 1.85. The summed E-state index contributed by atoms with van der Waals surface area (Å²) in [6, 6.07) is 13.4. The number of hydrogen-bond acceptors (Lipinski definition) is 3. The Labute approximate surface area is 156 Å². The molecule has 0 unspecified atom stereocenters. The largest absolute Gasteiger partial charge is 0.451 e. The number of amides is 1. The summed E-state index contributed by atoms with van der Waals surface area (Å²) < 4.78 is 6.43. The first kappa shape index (κ1) is 16.9. The van der Waals surface area contributed by atoms with Crippen LogP contribution in [0.25, 0.3) is 11.3 Å². The minimum atomic E-state index is -0.409. The van der Waals surface area contributed by atoms with Crippen molar-refractivity contribution in [2.45, 2.75) is 0 Å². The van der Waals surface area contributed by atoms with Crippen LogP contribution in [0.5, 0.6) is 0 Å². The number of furan rings is 1. The normalized spacial score (nSPS) is 10.6. The molecule has 0 bridgehead atoms. The van der Waals surface area contributed by atoms with E-state index in [-0.39, 0.29) is 5.76 Å². The number of anilines is 2. The topological polar surface area (TPSA) is 68.3 Å². The zero-order chi connectivity index (χ0) is 17.3. The average molecular weight is 426 g/mol. The highest BCUT2D eigenvalue weighted by Gasteiger charge is 2.15. The fourth-order valence-corrected chi connectivity index (χ4v) is 2.88. The van der Waals surface area contributed by atoms with E-state index in [1.807, 2.05) is 0 Å². The number of carbonyl (C=O) groups excluding carboxylic acids is 1. The molecule has 0 aliphatic carbocycles. The molecular formula is C17H11BrCl2N2O2. The van der Waals surface area contributed by atoms with Gasteiger partial charge in [-0.1, -0.05) is 39.1 Å². The smallest absolute Gasteiger partial charge is 0.291 e. The number of carbonyl (C=O) groups is 1. The van der Waals surface area contributed by atoms with Gasteiger partial charge in [-0.15, -0.1) is 0 Å². The number of nitrogens with one attached hydrogen (secondary N) is 1. The zero-order valence-electron chi connectivity index (χ0n) is 12.1. The maximum atomic E-state index is 12.3. The number of hydrogen-bond donors (Lipinski definition) is 2. The van der Waals surface area contributed by atoms with Gasteiger partial charge in [0, 0.05) is 15.1 Å². The molecule has 0 atom stereocenters. The first-order valence-electron chi connectivity index (χ1n) is 6.85. The summed E-state index contributed by atoms with van der Waals surface area (Å²) in [6.07, 6.45) is 0. The highest BCUT2D eigenvalue weighted by atomic mass is 79.9. The molecule has 0 saturated carbocycles. The third-order valence-corrected chi connectivity index (χ3v) is 4.34. The average Bonchev–Trinajstić information content (AvgIpc) is 3.02. The summed E-state index contributed by atoms with van der Waals surface area (Å²) in [7, 11) is 0. The van der Waals surface area contributed by atoms with Gasteiger partial charge in [-0.05, 0) is 48.5 Å². The van der Waals surface area contributed by atoms with Gasteiger partial charge in [0.2, 0.25) is 0 Å². The highest BCUT2D eigenvalue weighted by molar-refractivity contribution is 9.10. The molecule has 122 valence electrons. The third-order valence-electron chi connectivity index (χ3n) is 3.29. The van der Waals surface area contributed by atoms with Gasteiger partial charge in [0.1, 0.15) is 5.76 Å². The van der Waals surface area contributed by atoms with Gasteiger partial charge in [-0.2, -0.15) is 0 Å². The molecule has 3 aromatic rings. The Hall–Kier alpha value is -1.95. The van der Waals surface area contributed by atoms with Crippen LogP contribution in [-0.4, -0.2) is 5.91 Å². The molecule has 1 heterocycles. The molecule has 1 amide bonds. The highest BCUT2D eigenvalue weighted by Crippen LogP contribution is 2.32. The van der Waals surface area contributed by atoms with Gasteiger partial charge in [0.05, 0.1) is 16.4 Å². The molecule has 7 heteroatoms. The van der Waals surface area contributed by atoms with Crippen LogP contribution in [-0.2, 0) is 0 Å². The summed E-state index contributed by atoms with van der Waals surface area (Å²) in [5, 5.41) is 3.72. The Kier molecular flexibility index (Phi) is 4.85. The predicted octanol–water partition coefficient (Wildman–Crippen LogP) is 5.85. The molecule has 0 radical (unpaired) electrons. The van der Waals surface area contributed by atoms with E-state index in [0.717, 1.165) is 4.47 Å². The van der Waals surface area contributed by atoms with Gasteiger partial charge in [0.25, 0.3) is 5.91 Å². The van der Waals surface area contributed by atoms with E-state index < -0.39 is 5.91 Å². The number of halogens is 3. The maximum absolute atomic E-state index is 12.3. The van der Waals surface area contributed by atoms with E-state index in [4.69, 9.17) is 33.4 Å². The first-order chi connectivity index (χ1) is 11.4. The Morgan fingerprint density at radius 1 is 1.08 bits per heavy atom. The van der Waals surface area contributed by atoms with Crippen LogP contribution >= 0.6 is 39.1 Å². The fraction of sp³-hybridized carbons (Fsp3) is 0. The molecule has 24 heavy (non-hydrogen) atoms. The monoisotopic (exact) mass is 424 g/mol. The van der Waals surface area contributed by atoms with Crippen LogP contribution in [0.15, 0.2) is 57.4 Å². The molecule has 2 aromatic carbocycles. The number of nitrogen functional groups attached to an aromatic ring is 1. The molecule has 1 aromatic heterocycles. The van der Waals surface area contributed by atoms with E-state index in [0.29, 0.717) is 32.7 Å². The molecule has 3 rings (SSSR count). The Morgan fingerprint density at radius 3 is 2.62 bits per heavy atom. The molecule has 0 fully saturated rings. The standard InChI is InChI=1S/C17H11BrCl2N2O2/c18-9-1-4-14(13(21)7-9)22-17(23)16-6-5-15(24-16)11-8-10(19)2-3-12(11)20/h1-8H,21H2,(H,22,23).